The number of aromatic nitrogens is 2. The molecule has 4 rings (SSSR count). The Kier molecular flexibility index (Phi) is 4.37. The van der Waals surface area contributed by atoms with Crippen LogP contribution in [0.25, 0.3) is 21.8 Å². The van der Waals surface area contributed by atoms with Crippen molar-refractivity contribution in [3.63, 3.8) is 0 Å². The molecule has 0 radical (unpaired) electrons. The van der Waals surface area contributed by atoms with E-state index in [1.165, 1.54) is 0 Å². The van der Waals surface area contributed by atoms with Gasteiger partial charge in [-0.05, 0) is 23.8 Å². The highest BCUT2D eigenvalue weighted by Gasteiger charge is 2.31. The third-order valence-corrected chi connectivity index (χ3v) is 5.39. The van der Waals surface area contributed by atoms with Crippen LogP contribution in [0.1, 0.15) is 10.8 Å². The lowest BCUT2D eigenvalue weighted by Gasteiger charge is -2.12. The summed E-state index contributed by atoms with van der Waals surface area (Å²) in [7, 11) is 0. The molecule has 130 valence electrons. The fraction of sp³-hybridized carbons (Fsp3) is 0.333. The number of benzene rings is 1. The minimum atomic E-state index is -1.14. The molecule has 1 aliphatic heterocycles. The number of hydrogen-bond acceptors (Lipinski definition) is 6. The summed E-state index contributed by atoms with van der Waals surface area (Å²) in [5.41, 5.74) is 1.99. The highest BCUT2D eigenvalue weighted by molar-refractivity contribution is 7.15. The maximum absolute atomic E-state index is 13.4. The fourth-order valence-electron chi connectivity index (χ4n) is 3.02. The van der Waals surface area contributed by atoms with Gasteiger partial charge >= 0.3 is 0 Å². The molecule has 7 heteroatoms. The minimum Gasteiger partial charge on any atom is -0.389 e. The van der Waals surface area contributed by atoms with Crippen molar-refractivity contribution >= 4 is 11.3 Å². The number of aliphatic hydroxyl groups excluding tert-OH is 1. The standard InChI is InChI=1S/C18H18FN3O2S/c1-11-20-18(21-24-11)13-4-2-3-12(7-13)17-6-5-14(25-17)8-22-9-15(19)16(23)10-22/h2-7,15-16,23H,8-10H2,1H3/t15-,16-/m1/s1. The SMILES string of the molecule is Cc1nc(-c2cccc(-c3ccc(CN4C[C@@H](O)[C@H](F)C4)s3)c2)no1. The van der Waals surface area contributed by atoms with E-state index in [-0.39, 0.29) is 0 Å². The number of nitrogens with zero attached hydrogens (tertiary/aromatic N) is 3. The normalized spacial score (nSPS) is 21.1. The zero-order chi connectivity index (χ0) is 17.4. The van der Waals surface area contributed by atoms with E-state index in [0.29, 0.717) is 31.3 Å². The average Bonchev–Trinajstić information content (AvgIpc) is 3.30. The number of thiophene rings is 1. The summed E-state index contributed by atoms with van der Waals surface area (Å²) in [6.45, 7) is 3.11. The van der Waals surface area contributed by atoms with Gasteiger partial charge in [0.2, 0.25) is 11.7 Å². The van der Waals surface area contributed by atoms with Gasteiger partial charge in [-0.2, -0.15) is 4.98 Å². The van der Waals surface area contributed by atoms with Gasteiger partial charge in [-0.15, -0.1) is 11.3 Å². The second-order valence-corrected chi connectivity index (χ2v) is 7.43. The summed E-state index contributed by atoms with van der Waals surface area (Å²) >= 11 is 1.67. The van der Waals surface area contributed by atoms with Gasteiger partial charge in [-0.25, -0.2) is 4.39 Å². The van der Waals surface area contributed by atoms with E-state index in [0.717, 1.165) is 20.9 Å². The Balaban J connectivity index is 1.52. The van der Waals surface area contributed by atoms with Crippen LogP contribution in [0.3, 0.4) is 0 Å². The van der Waals surface area contributed by atoms with E-state index < -0.39 is 12.3 Å². The van der Waals surface area contributed by atoms with Crippen molar-refractivity contribution in [1.29, 1.82) is 0 Å². The third kappa shape index (κ3) is 3.49. The molecule has 1 aliphatic rings. The van der Waals surface area contributed by atoms with E-state index in [2.05, 4.69) is 22.3 Å². The van der Waals surface area contributed by atoms with Crippen LogP contribution in [0.15, 0.2) is 40.9 Å². The monoisotopic (exact) mass is 359 g/mol. The van der Waals surface area contributed by atoms with Crippen LogP contribution >= 0.6 is 11.3 Å². The Bertz CT molecular complexity index is 869. The highest BCUT2D eigenvalue weighted by Crippen LogP contribution is 2.31. The average molecular weight is 359 g/mol. The maximum Gasteiger partial charge on any atom is 0.223 e. The molecule has 0 amide bonds. The molecule has 3 heterocycles. The predicted octanol–water partition coefficient (Wildman–Crippen LogP) is 3.29. The van der Waals surface area contributed by atoms with Crippen molar-refractivity contribution in [2.45, 2.75) is 25.7 Å². The molecule has 1 N–H and O–H groups in total. The molecule has 0 spiro atoms. The number of alkyl halides is 1. The number of hydrogen-bond donors (Lipinski definition) is 1. The van der Waals surface area contributed by atoms with Crippen molar-refractivity contribution < 1.29 is 14.0 Å². The Morgan fingerprint density at radius 3 is 2.84 bits per heavy atom. The molecule has 1 fully saturated rings. The second-order valence-electron chi connectivity index (χ2n) is 6.26. The number of aryl methyl sites for hydroxylation is 1. The van der Waals surface area contributed by atoms with Gasteiger partial charge in [0.1, 0.15) is 6.17 Å². The second kappa shape index (κ2) is 6.67. The van der Waals surface area contributed by atoms with Gasteiger partial charge < -0.3 is 9.63 Å². The quantitative estimate of drug-likeness (QED) is 0.774. The van der Waals surface area contributed by atoms with Crippen LogP contribution in [0, 0.1) is 6.92 Å². The van der Waals surface area contributed by atoms with E-state index in [1.54, 1.807) is 18.3 Å². The van der Waals surface area contributed by atoms with E-state index in [4.69, 9.17) is 4.52 Å². The van der Waals surface area contributed by atoms with E-state index in [1.807, 2.05) is 29.2 Å². The summed E-state index contributed by atoms with van der Waals surface area (Å²) in [4.78, 5) is 8.49. The molecule has 1 saturated heterocycles. The molecule has 1 aromatic carbocycles. The Hall–Kier alpha value is -2.09. The molecular formula is C18H18FN3O2S. The van der Waals surface area contributed by atoms with Crippen LogP contribution in [-0.4, -0.2) is 45.5 Å². The number of β-amino-alcohol motifs (C(OH)–C–C–N with tert-alkyl or cyclic N) is 1. The van der Waals surface area contributed by atoms with Crippen LogP contribution in [0.2, 0.25) is 0 Å². The topological polar surface area (TPSA) is 62.4 Å². The van der Waals surface area contributed by atoms with Crippen LogP contribution in [0.4, 0.5) is 4.39 Å². The lowest BCUT2D eigenvalue weighted by molar-refractivity contribution is 0.115. The number of likely N-dealkylation sites (tertiary alicyclic amines) is 1. The van der Waals surface area contributed by atoms with E-state index >= 15 is 0 Å². The number of halogens is 1. The Morgan fingerprint density at radius 1 is 1.28 bits per heavy atom. The summed E-state index contributed by atoms with van der Waals surface area (Å²) < 4.78 is 18.5. The van der Waals surface area contributed by atoms with E-state index in [9.17, 15) is 9.50 Å². The molecule has 0 unspecified atom stereocenters. The van der Waals surface area contributed by atoms with Crippen LogP contribution < -0.4 is 0 Å². The molecule has 0 saturated carbocycles. The lowest BCUT2D eigenvalue weighted by Crippen LogP contribution is -2.20. The third-order valence-electron chi connectivity index (χ3n) is 4.27. The van der Waals surface area contributed by atoms with Crippen molar-refractivity contribution in [2.75, 3.05) is 13.1 Å². The van der Waals surface area contributed by atoms with Gasteiger partial charge in [-0.3, -0.25) is 4.90 Å². The van der Waals surface area contributed by atoms with Crippen LogP contribution in [0.5, 0.6) is 0 Å². The molecular weight excluding hydrogens is 341 g/mol. The highest BCUT2D eigenvalue weighted by atomic mass is 32.1. The molecule has 25 heavy (non-hydrogen) atoms. The zero-order valence-corrected chi connectivity index (χ0v) is 14.5. The number of aliphatic hydroxyl groups is 1. The molecule has 3 aromatic rings. The molecule has 5 nitrogen and oxygen atoms in total. The first-order valence-corrected chi connectivity index (χ1v) is 8.94. The predicted molar refractivity (Wildman–Crippen MR) is 94.0 cm³/mol. The Morgan fingerprint density at radius 2 is 2.12 bits per heavy atom. The van der Waals surface area contributed by atoms with Crippen molar-refractivity contribution in [2.24, 2.45) is 0 Å². The van der Waals surface area contributed by atoms with Gasteiger partial charge in [-0.1, -0.05) is 23.4 Å². The van der Waals surface area contributed by atoms with Gasteiger partial charge in [0, 0.05) is 41.9 Å². The van der Waals surface area contributed by atoms with Gasteiger partial charge in [0.05, 0.1) is 6.10 Å². The smallest absolute Gasteiger partial charge is 0.223 e. The van der Waals surface area contributed by atoms with Crippen molar-refractivity contribution in [3.05, 3.63) is 47.2 Å². The maximum atomic E-state index is 13.4. The van der Waals surface area contributed by atoms with Gasteiger partial charge in [0.25, 0.3) is 0 Å². The zero-order valence-electron chi connectivity index (χ0n) is 13.7. The summed E-state index contributed by atoms with van der Waals surface area (Å²) in [6.07, 6.45) is -2.01. The molecule has 2 atom stereocenters. The molecule has 0 aliphatic carbocycles. The van der Waals surface area contributed by atoms with Crippen LogP contribution in [-0.2, 0) is 6.54 Å². The molecule has 0 bridgehead atoms. The van der Waals surface area contributed by atoms with Gasteiger partial charge in [0.15, 0.2) is 0 Å². The summed E-state index contributed by atoms with van der Waals surface area (Å²) in [5.74, 6) is 1.12. The van der Waals surface area contributed by atoms with Crippen molar-refractivity contribution in [1.82, 2.24) is 15.0 Å². The van der Waals surface area contributed by atoms with Crippen molar-refractivity contribution in [3.8, 4) is 21.8 Å². The number of rotatable bonds is 4. The fourth-order valence-corrected chi connectivity index (χ4v) is 4.06. The molecule has 2 aromatic heterocycles. The Labute approximate surface area is 148 Å². The minimum absolute atomic E-state index is 0.293. The largest absolute Gasteiger partial charge is 0.389 e. The lowest BCUT2D eigenvalue weighted by atomic mass is 10.1. The summed E-state index contributed by atoms with van der Waals surface area (Å²) in [5, 5.41) is 13.5. The first-order chi connectivity index (χ1) is 12.1. The summed E-state index contributed by atoms with van der Waals surface area (Å²) in [6, 6.07) is 12.1. The first-order valence-electron chi connectivity index (χ1n) is 8.13. The first kappa shape index (κ1) is 16.4.